The fourth-order valence-electron chi connectivity index (χ4n) is 4.49. The fraction of sp³-hybridized carbons (Fsp3) is 0.500. The van der Waals surface area contributed by atoms with Crippen LogP contribution in [-0.4, -0.2) is 56.0 Å². The molecule has 2 aromatic carbocycles. The van der Waals surface area contributed by atoms with E-state index in [-0.39, 0.29) is 28.5 Å². The molecular formula is C26H32ClF2N3O2S2. The average Bonchev–Trinajstić information content (AvgIpc) is 3.50. The summed E-state index contributed by atoms with van der Waals surface area (Å²) >= 11 is 9.09. The zero-order valence-corrected chi connectivity index (χ0v) is 23.0. The standard InChI is InChI=1S/C26H32ClF2N3O2S2/c1-15-20-12-24(34-13-21(15)20)26(33)31-36-19-10-22(27)25(23(29)11-19)30-17(8-9-32(2)3)14-35-18-6-4-16(28)5-7-18/h4-7,10-11,15,17,20-21,24,30H,8-9,12-14H2,1-3H3,(H,31,33). The molecule has 2 aliphatic rings. The van der Waals surface area contributed by atoms with Gasteiger partial charge in [-0.1, -0.05) is 18.5 Å². The zero-order chi connectivity index (χ0) is 25.8. The van der Waals surface area contributed by atoms with Gasteiger partial charge in [-0.05, 0) is 99.6 Å². The first kappa shape index (κ1) is 27.5. The minimum absolute atomic E-state index is 0.0650. The first-order valence-electron chi connectivity index (χ1n) is 12.1. The smallest absolute Gasteiger partial charge is 0.259 e. The Bertz CT molecular complexity index is 1040. The van der Waals surface area contributed by atoms with E-state index in [2.05, 4.69) is 21.9 Å². The van der Waals surface area contributed by atoms with Crippen molar-refractivity contribution in [1.82, 2.24) is 9.62 Å². The quantitative estimate of drug-likeness (QED) is 0.264. The Morgan fingerprint density at radius 2 is 1.94 bits per heavy atom. The minimum atomic E-state index is -0.482. The van der Waals surface area contributed by atoms with E-state index in [4.69, 9.17) is 16.3 Å². The summed E-state index contributed by atoms with van der Waals surface area (Å²) in [5.74, 6) is 1.48. The average molecular weight is 556 g/mol. The lowest BCUT2D eigenvalue weighted by Gasteiger charge is -2.23. The number of nitrogens with one attached hydrogen (secondary N) is 2. The van der Waals surface area contributed by atoms with Crippen molar-refractivity contribution >= 4 is 46.9 Å². The van der Waals surface area contributed by atoms with Gasteiger partial charge in [0, 0.05) is 21.6 Å². The molecular weight excluding hydrogens is 524 g/mol. The van der Waals surface area contributed by atoms with Crippen LogP contribution < -0.4 is 10.0 Å². The van der Waals surface area contributed by atoms with Crippen LogP contribution in [0.3, 0.4) is 0 Å². The molecule has 0 bridgehead atoms. The third-order valence-corrected chi connectivity index (χ3v) is 9.10. The molecule has 5 atom stereocenters. The van der Waals surface area contributed by atoms with Gasteiger partial charge in [-0.15, -0.1) is 11.8 Å². The maximum absolute atomic E-state index is 15.1. The Kier molecular flexibility index (Phi) is 9.44. The Morgan fingerprint density at radius 1 is 1.19 bits per heavy atom. The predicted octanol–water partition coefficient (Wildman–Crippen LogP) is 5.94. The molecule has 0 aromatic heterocycles. The van der Waals surface area contributed by atoms with Crippen LogP contribution >= 0.6 is 35.3 Å². The molecule has 196 valence electrons. The van der Waals surface area contributed by atoms with Gasteiger partial charge in [-0.25, -0.2) is 8.78 Å². The number of nitrogens with zero attached hydrogens (tertiary/aromatic N) is 1. The second-order valence-corrected chi connectivity index (χ2v) is 12.2. The second-order valence-electron chi connectivity index (χ2n) is 9.77. The Hall–Kier alpha value is -1.52. The minimum Gasteiger partial charge on any atom is -0.378 e. The Morgan fingerprint density at radius 3 is 2.61 bits per heavy atom. The van der Waals surface area contributed by atoms with E-state index >= 15 is 4.39 Å². The molecule has 1 aliphatic carbocycles. The van der Waals surface area contributed by atoms with Crippen molar-refractivity contribution in [3.05, 3.63) is 53.1 Å². The Labute approximate surface area is 225 Å². The lowest BCUT2D eigenvalue weighted by molar-refractivity contribution is -0.133. The lowest BCUT2D eigenvalue weighted by Crippen LogP contribution is -2.36. The van der Waals surface area contributed by atoms with Crippen molar-refractivity contribution in [1.29, 1.82) is 0 Å². The van der Waals surface area contributed by atoms with Gasteiger partial charge in [0.1, 0.15) is 17.7 Å². The highest BCUT2D eigenvalue weighted by atomic mass is 35.5. The summed E-state index contributed by atoms with van der Waals surface area (Å²) in [5, 5.41) is 3.51. The van der Waals surface area contributed by atoms with E-state index in [1.807, 2.05) is 14.1 Å². The molecule has 1 saturated carbocycles. The summed E-state index contributed by atoms with van der Waals surface area (Å²) in [6.07, 6.45) is 1.05. The summed E-state index contributed by atoms with van der Waals surface area (Å²) in [6.45, 7) is 3.63. The van der Waals surface area contributed by atoms with Gasteiger partial charge in [0.2, 0.25) is 0 Å². The molecule has 5 nitrogen and oxygen atoms in total. The molecule has 4 rings (SSSR count). The first-order chi connectivity index (χ1) is 17.2. The molecule has 1 aliphatic heterocycles. The van der Waals surface area contributed by atoms with E-state index in [0.29, 0.717) is 35.0 Å². The van der Waals surface area contributed by atoms with Crippen molar-refractivity contribution in [2.75, 3.05) is 38.3 Å². The molecule has 1 saturated heterocycles. The number of benzene rings is 2. The third kappa shape index (κ3) is 7.28. The van der Waals surface area contributed by atoms with Gasteiger partial charge < -0.3 is 15.0 Å². The number of fused-ring (bicyclic) bond motifs is 1. The number of anilines is 1. The second kappa shape index (κ2) is 12.3. The van der Waals surface area contributed by atoms with Gasteiger partial charge >= 0.3 is 0 Å². The topological polar surface area (TPSA) is 53.6 Å². The fourth-order valence-corrected chi connectivity index (χ4v) is 6.48. The van der Waals surface area contributed by atoms with Crippen LogP contribution in [0.5, 0.6) is 0 Å². The van der Waals surface area contributed by atoms with Crippen molar-refractivity contribution in [2.45, 2.75) is 41.7 Å². The number of carbonyl (C=O) groups excluding carboxylic acids is 1. The van der Waals surface area contributed by atoms with E-state index in [9.17, 15) is 9.18 Å². The van der Waals surface area contributed by atoms with E-state index < -0.39 is 11.9 Å². The van der Waals surface area contributed by atoms with Crippen molar-refractivity contribution in [3.8, 4) is 0 Å². The molecule has 1 heterocycles. The number of amides is 1. The van der Waals surface area contributed by atoms with Gasteiger partial charge in [0.25, 0.3) is 5.91 Å². The number of halogens is 3. The van der Waals surface area contributed by atoms with E-state index in [1.165, 1.54) is 18.2 Å². The number of hydrogen-bond donors (Lipinski definition) is 2. The number of ether oxygens (including phenoxy) is 1. The molecule has 1 amide bonds. The van der Waals surface area contributed by atoms with Crippen molar-refractivity contribution < 1.29 is 18.3 Å². The number of thioether (sulfide) groups is 1. The molecule has 5 unspecified atom stereocenters. The molecule has 36 heavy (non-hydrogen) atoms. The summed E-state index contributed by atoms with van der Waals surface area (Å²) in [6, 6.07) is 9.28. The summed E-state index contributed by atoms with van der Waals surface area (Å²) in [4.78, 5) is 16.1. The number of hydrogen-bond acceptors (Lipinski definition) is 6. The normalized spacial score (nSPS) is 23.8. The highest BCUT2D eigenvalue weighted by Gasteiger charge is 2.51. The monoisotopic (exact) mass is 555 g/mol. The summed E-state index contributed by atoms with van der Waals surface area (Å²) < 4.78 is 36.8. The van der Waals surface area contributed by atoms with Crippen LogP contribution in [-0.2, 0) is 9.53 Å². The van der Waals surface area contributed by atoms with Crippen LogP contribution in [0.25, 0.3) is 0 Å². The molecule has 2 fully saturated rings. The SMILES string of the molecule is CC1C2COC(C(=O)NSc3cc(F)c(NC(CCN(C)C)CSc4ccc(F)cc4)c(Cl)c3)CC12. The van der Waals surface area contributed by atoms with Crippen LogP contribution in [0.2, 0.25) is 5.02 Å². The first-order valence-corrected chi connectivity index (χ1v) is 14.3. The molecule has 2 N–H and O–H groups in total. The summed E-state index contributed by atoms with van der Waals surface area (Å²) in [7, 11) is 3.97. The number of rotatable bonds is 11. The van der Waals surface area contributed by atoms with Crippen LogP contribution in [0, 0.1) is 29.4 Å². The highest BCUT2D eigenvalue weighted by Crippen LogP contribution is 2.52. The summed E-state index contributed by atoms with van der Waals surface area (Å²) in [5.41, 5.74) is 0.236. The van der Waals surface area contributed by atoms with Crippen molar-refractivity contribution in [2.24, 2.45) is 17.8 Å². The van der Waals surface area contributed by atoms with Crippen LogP contribution in [0.1, 0.15) is 19.8 Å². The maximum Gasteiger partial charge on any atom is 0.259 e. The molecule has 0 radical (unpaired) electrons. The van der Waals surface area contributed by atoms with Gasteiger partial charge in [0.05, 0.1) is 17.3 Å². The van der Waals surface area contributed by atoms with Gasteiger partial charge in [-0.2, -0.15) is 0 Å². The molecule has 2 aromatic rings. The lowest BCUT2D eigenvalue weighted by atomic mass is 10.1. The van der Waals surface area contributed by atoms with E-state index in [0.717, 1.165) is 36.2 Å². The highest BCUT2D eigenvalue weighted by molar-refractivity contribution is 7.99. The largest absolute Gasteiger partial charge is 0.378 e. The number of carbonyl (C=O) groups is 1. The maximum atomic E-state index is 15.1. The van der Waals surface area contributed by atoms with Gasteiger partial charge in [0.15, 0.2) is 0 Å². The van der Waals surface area contributed by atoms with E-state index in [1.54, 1.807) is 30.0 Å². The molecule has 10 heteroatoms. The van der Waals surface area contributed by atoms with Crippen LogP contribution in [0.15, 0.2) is 46.2 Å². The van der Waals surface area contributed by atoms with Crippen molar-refractivity contribution in [3.63, 3.8) is 0 Å². The molecule has 0 spiro atoms. The Balaban J connectivity index is 1.35. The predicted molar refractivity (Wildman–Crippen MR) is 144 cm³/mol. The van der Waals surface area contributed by atoms with Crippen LogP contribution in [0.4, 0.5) is 14.5 Å². The zero-order valence-electron chi connectivity index (χ0n) is 20.6. The van der Waals surface area contributed by atoms with Gasteiger partial charge in [-0.3, -0.25) is 9.52 Å². The third-order valence-electron chi connectivity index (χ3n) is 6.85.